The molecular formula is C12H13N3O2. The van der Waals surface area contributed by atoms with Crippen LogP contribution in [0.5, 0.6) is 5.88 Å². The highest BCUT2D eigenvalue weighted by molar-refractivity contribution is 5.52. The summed E-state index contributed by atoms with van der Waals surface area (Å²) in [7, 11) is 0. The minimum atomic E-state index is 0.203. The number of furan rings is 1. The van der Waals surface area contributed by atoms with E-state index in [1.165, 1.54) is 6.33 Å². The zero-order valence-corrected chi connectivity index (χ0v) is 9.30. The molecule has 1 saturated heterocycles. The fourth-order valence-electron chi connectivity index (χ4n) is 1.86. The van der Waals surface area contributed by atoms with Crippen LogP contribution in [0.1, 0.15) is 6.42 Å². The third kappa shape index (κ3) is 2.29. The van der Waals surface area contributed by atoms with Crippen molar-refractivity contribution in [1.82, 2.24) is 15.3 Å². The number of aromatic nitrogens is 2. The van der Waals surface area contributed by atoms with Crippen LogP contribution < -0.4 is 10.1 Å². The monoisotopic (exact) mass is 231 g/mol. The van der Waals surface area contributed by atoms with Crippen LogP contribution in [-0.4, -0.2) is 29.2 Å². The molecule has 1 N–H and O–H groups in total. The van der Waals surface area contributed by atoms with Crippen LogP contribution >= 0.6 is 0 Å². The summed E-state index contributed by atoms with van der Waals surface area (Å²) in [5, 5.41) is 3.25. The van der Waals surface area contributed by atoms with Crippen LogP contribution in [0.15, 0.2) is 35.2 Å². The Morgan fingerprint density at radius 1 is 1.41 bits per heavy atom. The number of ether oxygens (including phenoxy) is 1. The van der Waals surface area contributed by atoms with E-state index in [4.69, 9.17) is 9.15 Å². The van der Waals surface area contributed by atoms with Crippen molar-refractivity contribution in [2.24, 2.45) is 0 Å². The minimum absolute atomic E-state index is 0.203. The third-order valence-corrected chi connectivity index (χ3v) is 2.72. The van der Waals surface area contributed by atoms with Gasteiger partial charge in [0.15, 0.2) is 5.76 Å². The van der Waals surface area contributed by atoms with Crippen molar-refractivity contribution in [3.05, 3.63) is 30.8 Å². The molecule has 1 aliphatic heterocycles. The van der Waals surface area contributed by atoms with E-state index in [0.29, 0.717) is 5.88 Å². The lowest BCUT2D eigenvalue weighted by molar-refractivity contribution is 0.213. The Morgan fingerprint density at radius 3 is 3.18 bits per heavy atom. The van der Waals surface area contributed by atoms with Crippen molar-refractivity contribution in [3.63, 3.8) is 0 Å². The average Bonchev–Trinajstić information content (AvgIpc) is 3.01. The summed E-state index contributed by atoms with van der Waals surface area (Å²) in [6.45, 7) is 1.88. The molecule has 2 aromatic heterocycles. The predicted octanol–water partition coefficient (Wildman–Crippen LogP) is 1.48. The van der Waals surface area contributed by atoms with E-state index in [2.05, 4.69) is 15.3 Å². The molecule has 17 heavy (non-hydrogen) atoms. The van der Waals surface area contributed by atoms with E-state index in [0.717, 1.165) is 31.0 Å². The summed E-state index contributed by atoms with van der Waals surface area (Å²) in [5.41, 5.74) is 0.742. The van der Waals surface area contributed by atoms with Gasteiger partial charge in [0, 0.05) is 12.6 Å². The number of nitrogens with zero attached hydrogens (tertiary/aromatic N) is 2. The van der Waals surface area contributed by atoms with Gasteiger partial charge in [-0.2, -0.15) is 0 Å². The number of nitrogens with one attached hydrogen (secondary N) is 1. The van der Waals surface area contributed by atoms with Crippen molar-refractivity contribution in [2.75, 3.05) is 13.1 Å². The Morgan fingerprint density at radius 2 is 2.41 bits per heavy atom. The first-order chi connectivity index (χ1) is 8.42. The van der Waals surface area contributed by atoms with Gasteiger partial charge in [0.25, 0.3) is 0 Å². The van der Waals surface area contributed by atoms with Gasteiger partial charge in [0.2, 0.25) is 5.88 Å². The van der Waals surface area contributed by atoms with Gasteiger partial charge in [0.1, 0.15) is 18.1 Å². The fourth-order valence-corrected chi connectivity index (χ4v) is 1.86. The van der Waals surface area contributed by atoms with Crippen LogP contribution in [0.4, 0.5) is 0 Å². The lowest BCUT2D eigenvalue weighted by Gasteiger charge is -2.11. The molecule has 0 amide bonds. The second-order valence-corrected chi connectivity index (χ2v) is 3.95. The lowest BCUT2D eigenvalue weighted by atomic mass is 10.3. The molecule has 0 aromatic carbocycles. The molecule has 1 unspecified atom stereocenters. The second kappa shape index (κ2) is 4.55. The highest BCUT2D eigenvalue weighted by Gasteiger charge is 2.17. The van der Waals surface area contributed by atoms with Gasteiger partial charge in [0.05, 0.1) is 6.26 Å². The van der Waals surface area contributed by atoms with Crippen molar-refractivity contribution < 1.29 is 9.15 Å². The molecule has 1 atom stereocenters. The average molecular weight is 231 g/mol. The van der Waals surface area contributed by atoms with Crippen LogP contribution in [0.2, 0.25) is 0 Å². The Balaban J connectivity index is 1.79. The molecule has 0 radical (unpaired) electrons. The Bertz CT molecular complexity index is 478. The summed E-state index contributed by atoms with van der Waals surface area (Å²) in [6.07, 6.45) is 4.34. The van der Waals surface area contributed by atoms with Crippen molar-refractivity contribution in [3.8, 4) is 17.3 Å². The summed E-state index contributed by atoms with van der Waals surface area (Å²) < 4.78 is 11.0. The van der Waals surface area contributed by atoms with Crippen molar-refractivity contribution in [1.29, 1.82) is 0 Å². The normalized spacial score (nSPS) is 19.4. The molecule has 88 valence electrons. The van der Waals surface area contributed by atoms with E-state index in [-0.39, 0.29) is 6.10 Å². The largest absolute Gasteiger partial charge is 0.473 e. The molecule has 5 heteroatoms. The minimum Gasteiger partial charge on any atom is -0.473 e. The Kier molecular flexibility index (Phi) is 2.75. The predicted molar refractivity (Wildman–Crippen MR) is 61.6 cm³/mol. The first-order valence-electron chi connectivity index (χ1n) is 5.65. The van der Waals surface area contributed by atoms with Gasteiger partial charge in [-0.3, -0.25) is 0 Å². The quantitative estimate of drug-likeness (QED) is 0.867. The van der Waals surface area contributed by atoms with Gasteiger partial charge in [-0.15, -0.1) is 0 Å². The number of hydrogen-bond acceptors (Lipinski definition) is 5. The van der Waals surface area contributed by atoms with Crippen LogP contribution in [0, 0.1) is 0 Å². The van der Waals surface area contributed by atoms with Gasteiger partial charge in [-0.25, -0.2) is 9.97 Å². The standard InChI is InChI=1S/C12H13N3O2/c1-2-11(16-5-1)10-6-12(15-8-14-10)17-9-3-4-13-7-9/h1-2,5-6,8-9,13H,3-4,7H2. The van der Waals surface area contributed by atoms with Crippen LogP contribution in [-0.2, 0) is 0 Å². The van der Waals surface area contributed by atoms with E-state index in [9.17, 15) is 0 Å². The number of rotatable bonds is 3. The van der Waals surface area contributed by atoms with E-state index >= 15 is 0 Å². The smallest absolute Gasteiger partial charge is 0.217 e. The molecule has 1 aliphatic rings. The van der Waals surface area contributed by atoms with Gasteiger partial charge >= 0.3 is 0 Å². The fraction of sp³-hybridized carbons (Fsp3) is 0.333. The lowest BCUT2D eigenvalue weighted by Crippen LogP contribution is -2.20. The number of hydrogen-bond donors (Lipinski definition) is 1. The maximum Gasteiger partial charge on any atom is 0.217 e. The van der Waals surface area contributed by atoms with Gasteiger partial charge in [-0.05, 0) is 25.1 Å². The topological polar surface area (TPSA) is 60.2 Å². The second-order valence-electron chi connectivity index (χ2n) is 3.95. The van der Waals surface area contributed by atoms with Gasteiger partial charge in [-0.1, -0.05) is 0 Å². The zero-order valence-electron chi connectivity index (χ0n) is 9.30. The molecule has 0 aliphatic carbocycles. The molecule has 2 aromatic rings. The van der Waals surface area contributed by atoms with E-state index < -0.39 is 0 Å². The summed E-state index contributed by atoms with van der Waals surface area (Å²) in [6, 6.07) is 5.50. The van der Waals surface area contributed by atoms with E-state index in [1.807, 2.05) is 12.1 Å². The molecule has 3 rings (SSSR count). The molecule has 1 fully saturated rings. The third-order valence-electron chi connectivity index (χ3n) is 2.72. The zero-order chi connectivity index (χ0) is 11.5. The maximum atomic E-state index is 5.76. The van der Waals surface area contributed by atoms with E-state index in [1.54, 1.807) is 12.3 Å². The highest BCUT2D eigenvalue weighted by atomic mass is 16.5. The maximum absolute atomic E-state index is 5.76. The molecule has 5 nitrogen and oxygen atoms in total. The highest BCUT2D eigenvalue weighted by Crippen LogP contribution is 2.21. The van der Waals surface area contributed by atoms with Crippen molar-refractivity contribution >= 4 is 0 Å². The summed E-state index contributed by atoms with van der Waals surface area (Å²) >= 11 is 0. The molecule has 3 heterocycles. The first-order valence-corrected chi connectivity index (χ1v) is 5.65. The van der Waals surface area contributed by atoms with Crippen LogP contribution in [0.3, 0.4) is 0 Å². The summed E-state index contributed by atoms with van der Waals surface area (Å²) in [5.74, 6) is 1.32. The molecule has 0 saturated carbocycles. The molecular weight excluding hydrogens is 218 g/mol. The SMILES string of the molecule is c1coc(-c2cc(OC3CCNC3)ncn2)c1. The van der Waals surface area contributed by atoms with Crippen LogP contribution in [0.25, 0.3) is 11.5 Å². The Labute approximate surface area is 98.8 Å². The first kappa shape index (κ1) is 10.3. The summed E-state index contributed by atoms with van der Waals surface area (Å²) in [4.78, 5) is 8.27. The Hall–Kier alpha value is -1.88. The van der Waals surface area contributed by atoms with Crippen molar-refractivity contribution in [2.45, 2.75) is 12.5 Å². The molecule has 0 bridgehead atoms. The van der Waals surface area contributed by atoms with Gasteiger partial charge < -0.3 is 14.5 Å². The molecule has 0 spiro atoms.